The Bertz CT molecular complexity index is 915. The summed E-state index contributed by atoms with van der Waals surface area (Å²) in [6.07, 6.45) is 1.25. The summed E-state index contributed by atoms with van der Waals surface area (Å²) in [5, 5.41) is 12.4. The molecule has 0 saturated heterocycles. The lowest BCUT2D eigenvalue weighted by molar-refractivity contribution is -0.149. The van der Waals surface area contributed by atoms with Crippen LogP contribution in [0.3, 0.4) is 0 Å². The predicted octanol–water partition coefficient (Wildman–Crippen LogP) is 4.22. The van der Waals surface area contributed by atoms with Crippen molar-refractivity contribution in [3.8, 4) is 11.8 Å². The van der Waals surface area contributed by atoms with Crippen molar-refractivity contribution >= 4 is 35.2 Å². The van der Waals surface area contributed by atoms with Crippen LogP contribution in [0.1, 0.15) is 19.4 Å². The van der Waals surface area contributed by atoms with E-state index in [2.05, 4.69) is 5.32 Å². The van der Waals surface area contributed by atoms with Crippen LogP contribution in [-0.4, -0.2) is 24.6 Å². The molecule has 1 N–H and O–H groups in total. The SMILES string of the molecule is CC(C)OC(=O)COc1ccc(/C=C(/C#N)C(=O)Nc2cccc(Cl)c2)cc1. The van der Waals surface area contributed by atoms with E-state index in [0.29, 0.717) is 22.0 Å². The van der Waals surface area contributed by atoms with Crippen LogP contribution in [0, 0.1) is 11.3 Å². The standard InChI is InChI=1S/C21H19ClN2O4/c1-14(2)28-20(25)13-27-19-8-6-15(7-9-19)10-16(12-23)21(26)24-18-5-3-4-17(22)11-18/h3-11,14H,13H2,1-2H3,(H,24,26)/b16-10-. The Morgan fingerprint density at radius 1 is 1.21 bits per heavy atom. The molecule has 28 heavy (non-hydrogen) atoms. The van der Waals surface area contributed by atoms with Gasteiger partial charge in [0.05, 0.1) is 6.10 Å². The Hall–Kier alpha value is -3.30. The number of benzene rings is 2. The number of rotatable bonds is 7. The van der Waals surface area contributed by atoms with Gasteiger partial charge in [0.1, 0.15) is 17.4 Å². The molecule has 6 nitrogen and oxygen atoms in total. The molecule has 0 bridgehead atoms. The van der Waals surface area contributed by atoms with Gasteiger partial charge in [0.25, 0.3) is 5.91 Å². The third-order valence-corrected chi connectivity index (χ3v) is 3.60. The van der Waals surface area contributed by atoms with Crippen LogP contribution >= 0.6 is 11.6 Å². The zero-order valence-corrected chi connectivity index (χ0v) is 16.2. The molecule has 1 amide bonds. The molecule has 2 aromatic carbocycles. The fraction of sp³-hybridized carbons (Fsp3) is 0.190. The maximum absolute atomic E-state index is 12.3. The number of halogens is 1. The molecule has 0 radical (unpaired) electrons. The first kappa shape index (κ1) is 21.0. The van der Waals surface area contributed by atoms with Gasteiger partial charge >= 0.3 is 5.97 Å². The van der Waals surface area contributed by atoms with Gasteiger partial charge in [-0.05, 0) is 55.8 Å². The summed E-state index contributed by atoms with van der Waals surface area (Å²) in [5.74, 6) is -0.523. The van der Waals surface area contributed by atoms with Crippen molar-refractivity contribution < 1.29 is 19.1 Å². The van der Waals surface area contributed by atoms with Gasteiger partial charge in [-0.2, -0.15) is 5.26 Å². The van der Waals surface area contributed by atoms with Crippen molar-refractivity contribution in [1.29, 1.82) is 5.26 Å². The van der Waals surface area contributed by atoms with Crippen LogP contribution in [-0.2, 0) is 14.3 Å². The fourth-order valence-electron chi connectivity index (χ4n) is 2.18. The molecule has 0 spiro atoms. The molecule has 0 atom stereocenters. The van der Waals surface area contributed by atoms with E-state index in [4.69, 9.17) is 21.1 Å². The number of carbonyl (C=O) groups excluding carboxylic acids is 2. The fourth-order valence-corrected chi connectivity index (χ4v) is 2.37. The van der Waals surface area contributed by atoms with Crippen LogP contribution in [0.15, 0.2) is 54.1 Å². The normalized spacial score (nSPS) is 10.9. The topological polar surface area (TPSA) is 88.4 Å². The number of ether oxygens (including phenoxy) is 2. The van der Waals surface area contributed by atoms with Gasteiger partial charge < -0.3 is 14.8 Å². The molecular formula is C21H19ClN2O4. The summed E-state index contributed by atoms with van der Waals surface area (Å²) in [5.41, 5.74) is 1.07. The molecule has 0 fully saturated rings. The molecule has 0 saturated carbocycles. The quantitative estimate of drug-likeness (QED) is 0.428. The first-order valence-electron chi connectivity index (χ1n) is 8.48. The number of nitriles is 1. The molecular weight excluding hydrogens is 380 g/mol. The van der Waals surface area contributed by atoms with Crippen molar-refractivity contribution in [2.45, 2.75) is 20.0 Å². The zero-order chi connectivity index (χ0) is 20.5. The Morgan fingerprint density at radius 3 is 2.54 bits per heavy atom. The number of esters is 1. The summed E-state index contributed by atoms with van der Waals surface area (Å²) in [6.45, 7) is 3.32. The van der Waals surface area contributed by atoms with Crippen molar-refractivity contribution in [1.82, 2.24) is 0 Å². The second kappa shape index (κ2) is 10.1. The third kappa shape index (κ3) is 6.78. The van der Waals surface area contributed by atoms with E-state index in [0.717, 1.165) is 0 Å². The molecule has 144 valence electrons. The lowest BCUT2D eigenvalue weighted by Gasteiger charge is -2.09. The number of hydrogen-bond acceptors (Lipinski definition) is 5. The van der Waals surface area contributed by atoms with Crippen molar-refractivity contribution in [2.24, 2.45) is 0 Å². The average Bonchev–Trinajstić information content (AvgIpc) is 2.64. The number of anilines is 1. The third-order valence-electron chi connectivity index (χ3n) is 3.36. The van der Waals surface area contributed by atoms with E-state index in [-0.39, 0.29) is 18.3 Å². The van der Waals surface area contributed by atoms with Crippen molar-refractivity contribution in [3.63, 3.8) is 0 Å². The zero-order valence-electron chi connectivity index (χ0n) is 15.4. The number of amides is 1. The maximum Gasteiger partial charge on any atom is 0.344 e. The van der Waals surface area contributed by atoms with E-state index in [1.807, 2.05) is 6.07 Å². The van der Waals surface area contributed by atoms with Gasteiger partial charge in [-0.25, -0.2) is 4.79 Å². The number of nitrogens with zero attached hydrogens (tertiary/aromatic N) is 1. The Balaban J connectivity index is 2.01. The van der Waals surface area contributed by atoms with E-state index in [9.17, 15) is 14.9 Å². The second-order valence-corrected chi connectivity index (χ2v) is 6.47. The molecule has 0 unspecified atom stereocenters. The van der Waals surface area contributed by atoms with Crippen LogP contribution in [0.2, 0.25) is 5.02 Å². The first-order valence-corrected chi connectivity index (χ1v) is 8.86. The summed E-state index contributed by atoms with van der Waals surface area (Å²) in [6, 6.07) is 15.2. The van der Waals surface area contributed by atoms with E-state index in [1.54, 1.807) is 62.4 Å². The Labute approximate surface area is 168 Å². The van der Waals surface area contributed by atoms with Crippen molar-refractivity contribution in [2.75, 3.05) is 11.9 Å². The minimum atomic E-state index is -0.540. The molecule has 2 rings (SSSR count). The summed E-state index contributed by atoms with van der Waals surface area (Å²) in [4.78, 5) is 23.7. The highest BCUT2D eigenvalue weighted by Gasteiger charge is 2.10. The van der Waals surface area contributed by atoms with Gasteiger partial charge in [-0.3, -0.25) is 4.79 Å². The highest BCUT2D eigenvalue weighted by Crippen LogP contribution is 2.18. The highest BCUT2D eigenvalue weighted by atomic mass is 35.5. The van der Waals surface area contributed by atoms with E-state index < -0.39 is 11.9 Å². The molecule has 0 aliphatic rings. The minimum absolute atomic E-state index is 0.0610. The van der Waals surface area contributed by atoms with Gasteiger partial charge in [0, 0.05) is 10.7 Å². The van der Waals surface area contributed by atoms with E-state index in [1.165, 1.54) is 6.08 Å². The van der Waals surface area contributed by atoms with Gasteiger partial charge in [-0.15, -0.1) is 0 Å². The molecule has 0 aromatic heterocycles. The summed E-state index contributed by atoms with van der Waals surface area (Å²) >= 11 is 5.88. The summed E-state index contributed by atoms with van der Waals surface area (Å²) in [7, 11) is 0. The number of hydrogen-bond donors (Lipinski definition) is 1. The monoisotopic (exact) mass is 398 g/mol. The molecule has 0 aliphatic carbocycles. The second-order valence-electron chi connectivity index (χ2n) is 6.03. The largest absolute Gasteiger partial charge is 0.482 e. The first-order chi connectivity index (χ1) is 13.4. The molecule has 2 aromatic rings. The molecule has 0 heterocycles. The number of nitrogens with one attached hydrogen (secondary N) is 1. The van der Waals surface area contributed by atoms with Crippen LogP contribution < -0.4 is 10.1 Å². The minimum Gasteiger partial charge on any atom is -0.482 e. The highest BCUT2D eigenvalue weighted by molar-refractivity contribution is 6.31. The maximum atomic E-state index is 12.3. The van der Waals surface area contributed by atoms with Crippen LogP contribution in [0.25, 0.3) is 6.08 Å². The lowest BCUT2D eigenvalue weighted by Crippen LogP contribution is -2.18. The van der Waals surface area contributed by atoms with Gasteiger partial charge in [-0.1, -0.05) is 29.8 Å². The summed E-state index contributed by atoms with van der Waals surface area (Å²) < 4.78 is 10.3. The number of carbonyl (C=O) groups is 2. The molecule has 7 heteroatoms. The van der Waals surface area contributed by atoms with Crippen LogP contribution in [0.4, 0.5) is 5.69 Å². The van der Waals surface area contributed by atoms with Crippen molar-refractivity contribution in [3.05, 3.63) is 64.7 Å². The van der Waals surface area contributed by atoms with E-state index >= 15 is 0 Å². The lowest BCUT2D eigenvalue weighted by atomic mass is 10.1. The molecule has 0 aliphatic heterocycles. The average molecular weight is 399 g/mol. The van der Waals surface area contributed by atoms with Gasteiger partial charge in [0.15, 0.2) is 6.61 Å². The Morgan fingerprint density at radius 2 is 1.93 bits per heavy atom. The Kier molecular flexibility index (Phi) is 7.61. The predicted molar refractivity (Wildman–Crippen MR) is 107 cm³/mol. The van der Waals surface area contributed by atoms with Gasteiger partial charge in [0.2, 0.25) is 0 Å². The smallest absolute Gasteiger partial charge is 0.344 e. The van der Waals surface area contributed by atoms with Crippen LogP contribution in [0.5, 0.6) is 5.75 Å².